The van der Waals surface area contributed by atoms with Crippen LogP contribution in [0.3, 0.4) is 0 Å². The zero-order chi connectivity index (χ0) is 17.8. The second kappa shape index (κ2) is 5.88. The number of amides is 1. The van der Waals surface area contributed by atoms with Crippen LogP contribution in [-0.4, -0.2) is 16.1 Å². The van der Waals surface area contributed by atoms with Gasteiger partial charge in [0.25, 0.3) is 0 Å². The van der Waals surface area contributed by atoms with Crippen LogP contribution >= 0.6 is 0 Å². The Morgan fingerprint density at radius 3 is 2.19 bits per heavy atom. The summed E-state index contributed by atoms with van der Waals surface area (Å²) in [5.74, 6) is -0.484. The minimum absolute atomic E-state index is 0.114. The van der Waals surface area contributed by atoms with Gasteiger partial charge >= 0.3 is 0 Å². The molecule has 0 bridgehead atoms. The Hall–Kier alpha value is -2.27. The predicted molar refractivity (Wildman–Crippen MR) is 93.5 cm³/mol. The van der Waals surface area contributed by atoms with Gasteiger partial charge in [0.1, 0.15) is 5.82 Å². The quantitative estimate of drug-likeness (QED) is 0.632. The van der Waals surface area contributed by atoms with E-state index in [0.29, 0.717) is 17.4 Å². The second-order valence-corrected chi connectivity index (χ2v) is 7.87. The van der Waals surface area contributed by atoms with Crippen LogP contribution in [0.1, 0.15) is 71.9 Å². The minimum atomic E-state index is -0.446. The Kier molecular flexibility index (Phi) is 3.60. The molecule has 3 saturated carbocycles. The van der Waals surface area contributed by atoms with E-state index >= 15 is 0 Å². The highest BCUT2D eigenvalue weighted by Gasteiger charge is 2.57. The van der Waals surface area contributed by atoms with Crippen molar-refractivity contribution in [3.05, 3.63) is 64.7 Å². The van der Waals surface area contributed by atoms with Crippen LogP contribution in [0, 0.1) is 11.7 Å². The third-order valence-corrected chi connectivity index (χ3v) is 5.96. The van der Waals surface area contributed by atoms with Gasteiger partial charge in [0, 0.05) is 35.1 Å². The van der Waals surface area contributed by atoms with E-state index in [1.165, 1.54) is 31.7 Å². The van der Waals surface area contributed by atoms with Gasteiger partial charge in [0.2, 0.25) is 5.91 Å². The molecule has 0 saturated heterocycles. The van der Waals surface area contributed by atoms with Crippen molar-refractivity contribution >= 4 is 5.91 Å². The van der Waals surface area contributed by atoms with Crippen molar-refractivity contribution in [3.63, 3.8) is 0 Å². The molecule has 3 atom stereocenters. The zero-order valence-electron chi connectivity index (χ0n) is 14.4. The van der Waals surface area contributed by atoms with Crippen molar-refractivity contribution in [2.45, 2.75) is 49.4 Å². The van der Waals surface area contributed by atoms with E-state index < -0.39 is 11.8 Å². The lowest BCUT2D eigenvalue weighted by Gasteiger charge is -2.09. The molecule has 0 aliphatic heterocycles. The zero-order valence-corrected chi connectivity index (χ0v) is 14.4. The number of hydrogen-bond donors (Lipinski definition) is 2. The number of benzene rings is 1. The van der Waals surface area contributed by atoms with E-state index in [1.54, 1.807) is 23.7 Å². The molecular formula is C21H21FN2O2. The summed E-state index contributed by atoms with van der Waals surface area (Å²) in [4.78, 5) is 17.1. The van der Waals surface area contributed by atoms with Gasteiger partial charge in [-0.3, -0.25) is 15.0 Å². The lowest BCUT2D eigenvalue weighted by molar-refractivity contribution is -0.130. The Balaban J connectivity index is 1.55. The second-order valence-electron chi connectivity index (χ2n) is 7.87. The highest BCUT2D eigenvalue weighted by Crippen LogP contribution is 2.61. The summed E-state index contributed by atoms with van der Waals surface area (Å²) in [5, 5.41) is 9.14. The molecule has 3 aliphatic carbocycles. The van der Waals surface area contributed by atoms with Gasteiger partial charge < -0.3 is 0 Å². The summed E-state index contributed by atoms with van der Waals surface area (Å²) in [6.07, 6.45) is 4.68. The number of nitrogens with one attached hydrogen (secondary N) is 1. The SMILES string of the molecule is O=C(NO)C1C(c2cc(C3CC3)nc(C3CC3)c2)C1c1ccccc1F. The van der Waals surface area contributed by atoms with E-state index in [1.807, 2.05) is 0 Å². The summed E-state index contributed by atoms with van der Waals surface area (Å²) < 4.78 is 14.3. The van der Waals surface area contributed by atoms with Gasteiger partial charge in [-0.1, -0.05) is 18.2 Å². The molecule has 3 unspecified atom stereocenters. The van der Waals surface area contributed by atoms with E-state index in [0.717, 1.165) is 17.0 Å². The first kappa shape index (κ1) is 15.9. The molecular weight excluding hydrogens is 331 g/mol. The molecule has 4 nitrogen and oxygen atoms in total. The smallest absolute Gasteiger partial charge is 0.247 e. The average Bonchev–Trinajstić information content (AvgIpc) is 3.53. The molecule has 3 aliphatic rings. The van der Waals surface area contributed by atoms with Crippen molar-refractivity contribution in [2.75, 3.05) is 0 Å². The monoisotopic (exact) mass is 352 g/mol. The number of hydrogen-bond acceptors (Lipinski definition) is 3. The fraction of sp³-hybridized carbons (Fsp3) is 0.429. The number of aromatic nitrogens is 1. The normalized spacial score (nSPS) is 27.2. The van der Waals surface area contributed by atoms with Crippen molar-refractivity contribution in [1.29, 1.82) is 0 Å². The Labute approximate surface area is 151 Å². The number of halogens is 1. The molecule has 1 aromatic heterocycles. The van der Waals surface area contributed by atoms with E-state index in [9.17, 15) is 9.18 Å². The Morgan fingerprint density at radius 2 is 1.65 bits per heavy atom. The number of pyridine rings is 1. The molecule has 5 heteroatoms. The van der Waals surface area contributed by atoms with Crippen molar-refractivity contribution in [3.8, 4) is 0 Å². The average molecular weight is 352 g/mol. The van der Waals surface area contributed by atoms with Gasteiger partial charge in [-0.05, 0) is 55.0 Å². The number of rotatable bonds is 5. The third-order valence-electron chi connectivity index (χ3n) is 5.96. The van der Waals surface area contributed by atoms with Crippen LogP contribution in [-0.2, 0) is 4.79 Å². The van der Waals surface area contributed by atoms with Crippen molar-refractivity contribution in [2.24, 2.45) is 5.92 Å². The van der Waals surface area contributed by atoms with Crippen LogP contribution in [0.4, 0.5) is 4.39 Å². The first-order valence-electron chi connectivity index (χ1n) is 9.37. The number of hydroxylamine groups is 1. The highest BCUT2D eigenvalue weighted by molar-refractivity contribution is 5.84. The van der Waals surface area contributed by atoms with E-state index in [2.05, 4.69) is 12.1 Å². The summed E-state index contributed by atoms with van der Waals surface area (Å²) in [6.45, 7) is 0. The maximum atomic E-state index is 14.3. The van der Waals surface area contributed by atoms with Crippen LogP contribution in [0.15, 0.2) is 36.4 Å². The molecule has 0 radical (unpaired) electrons. The molecule has 1 amide bonds. The standard InChI is InChI=1S/C21H21FN2O2/c22-15-4-2-1-3-14(15)19-18(20(19)21(25)24-26)13-9-16(11-5-6-11)23-17(10-13)12-7-8-12/h1-4,9-12,18-20,26H,5-8H2,(H,24,25). The summed E-state index contributed by atoms with van der Waals surface area (Å²) in [7, 11) is 0. The first-order chi connectivity index (χ1) is 12.7. The number of carbonyl (C=O) groups is 1. The Bertz CT molecular complexity index is 846. The molecule has 134 valence electrons. The lowest BCUT2D eigenvalue weighted by atomic mass is 10.0. The number of carbonyl (C=O) groups excluding carboxylic acids is 1. The molecule has 2 N–H and O–H groups in total. The van der Waals surface area contributed by atoms with Gasteiger partial charge in [-0.25, -0.2) is 9.87 Å². The molecule has 2 aromatic rings. The van der Waals surface area contributed by atoms with Crippen LogP contribution in [0.2, 0.25) is 0 Å². The first-order valence-corrected chi connectivity index (χ1v) is 9.37. The van der Waals surface area contributed by atoms with Crippen LogP contribution < -0.4 is 5.48 Å². The van der Waals surface area contributed by atoms with Crippen molar-refractivity contribution in [1.82, 2.24) is 10.5 Å². The van der Waals surface area contributed by atoms with Crippen molar-refractivity contribution < 1.29 is 14.4 Å². The molecule has 26 heavy (non-hydrogen) atoms. The fourth-order valence-corrected chi connectivity index (χ4v) is 4.22. The van der Waals surface area contributed by atoms with Gasteiger partial charge in [0.15, 0.2) is 0 Å². The molecule has 3 fully saturated rings. The summed E-state index contributed by atoms with van der Waals surface area (Å²) >= 11 is 0. The largest absolute Gasteiger partial charge is 0.289 e. The van der Waals surface area contributed by atoms with Gasteiger partial charge in [0.05, 0.1) is 5.92 Å². The van der Waals surface area contributed by atoms with Crippen LogP contribution in [0.5, 0.6) is 0 Å². The van der Waals surface area contributed by atoms with Gasteiger partial charge in [-0.2, -0.15) is 0 Å². The highest BCUT2D eigenvalue weighted by atomic mass is 19.1. The van der Waals surface area contributed by atoms with E-state index in [4.69, 9.17) is 10.2 Å². The fourth-order valence-electron chi connectivity index (χ4n) is 4.22. The lowest BCUT2D eigenvalue weighted by Crippen LogP contribution is -2.21. The van der Waals surface area contributed by atoms with E-state index in [-0.39, 0.29) is 17.7 Å². The molecule has 5 rings (SSSR count). The van der Waals surface area contributed by atoms with Gasteiger partial charge in [-0.15, -0.1) is 0 Å². The predicted octanol–water partition coefficient (Wildman–Crippen LogP) is 3.98. The molecule has 0 spiro atoms. The summed E-state index contributed by atoms with van der Waals surface area (Å²) in [5.41, 5.74) is 5.61. The Morgan fingerprint density at radius 1 is 1.04 bits per heavy atom. The topological polar surface area (TPSA) is 62.2 Å². The molecule has 1 heterocycles. The van der Waals surface area contributed by atoms with Crippen LogP contribution in [0.25, 0.3) is 0 Å². The maximum absolute atomic E-state index is 14.3. The summed E-state index contributed by atoms with van der Waals surface area (Å²) in [6, 6.07) is 10.8. The molecule has 1 aromatic carbocycles. The number of nitrogens with zero attached hydrogens (tertiary/aromatic N) is 1. The third kappa shape index (κ3) is 2.71. The minimum Gasteiger partial charge on any atom is -0.289 e. The maximum Gasteiger partial charge on any atom is 0.247 e.